The molecular formula is C5H6N4S. The molecule has 0 spiro atoms. The SMILES string of the molecule is [N-]=[N+]=NNCc1cccs1. The third-order valence-corrected chi connectivity index (χ3v) is 1.83. The van der Waals surface area contributed by atoms with Crippen molar-refractivity contribution in [3.63, 3.8) is 0 Å². The largest absolute Gasteiger partial charge is 0.256 e. The van der Waals surface area contributed by atoms with Crippen LogP contribution in [0.2, 0.25) is 0 Å². The zero-order valence-corrected chi connectivity index (χ0v) is 6.01. The summed E-state index contributed by atoms with van der Waals surface area (Å²) in [6, 6.07) is 3.93. The number of thiophene rings is 1. The van der Waals surface area contributed by atoms with Gasteiger partial charge in [0.05, 0.1) is 0 Å². The summed E-state index contributed by atoms with van der Waals surface area (Å²) in [5.74, 6) is 0. The van der Waals surface area contributed by atoms with E-state index in [1.807, 2.05) is 17.5 Å². The van der Waals surface area contributed by atoms with E-state index in [9.17, 15) is 0 Å². The molecule has 0 aromatic carbocycles. The molecule has 0 saturated heterocycles. The van der Waals surface area contributed by atoms with Gasteiger partial charge in [-0.25, -0.2) is 0 Å². The highest BCUT2D eigenvalue weighted by Gasteiger charge is 1.90. The maximum atomic E-state index is 7.89. The van der Waals surface area contributed by atoms with Gasteiger partial charge in [-0.15, -0.1) is 16.9 Å². The van der Waals surface area contributed by atoms with Crippen molar-refractivity contribution < 1.29 is 0 Å². The van der Waals surface area contributed by atoms with E-state index in [2.05, 4.69) is 15.6 Å². The Balaban J connectivity index is 2.34. The third kappa shape index (κ3) is 1.97. The van der Waals surface area contributed by atoms with Crippen LogP contribution in [0.1, 0.15) is 4.88 Å². The maximum Gasteiger partial charge on any atom is 0.120 e. The van der Waals surface area contributed by atoms with E-state index < -0.39 is 0 Å². The summed E-state index contributed by atoms with van der Waals surface area (Å²) in [7, 11) is 0. The van der Waals surface area contributed by atoms with Crippen LogP contribution in [0, 0.1) is 0 Å². The van der Waals surface area contributed by atoms with Crippen molar-refractivity contribution in [2.45, 2.75) is 6.54 Å². The van der Waals surface area contributed by atoms with Crippen molar-refractivity contribution in [1.29, 1.82) is 0 Å². The Morgan fingerprint density at radius 2 is 2.70 bits per heavy atom. The van der Waals surface area contributed by atoms with Crippen molar-refractivity contribution in [1.82, 2.24) is 5.43 Å². The lowest BCUT2D eigenvalue weighted by Crippen LogP contribution is -2.00. The lowest BCUT2D eigenvalue weighted by Gasteiger charge is -1.88. The summed E-state index contributed by atoms with van der Waals surface area (Å²) in [5.41, 5.74) is 10.5. The average molecular weight is 154 g/mol. The second-order valence-corrected chi connectivity index (χ2v) is 2.64. The molecule has 52 valence electrons. The van der Waals surface area contributed by atoms with Crippen molar-refractivity contribution in [2.24, 2.45) is 5.22 Å². The zero-order chi connectivity index (χ0) is 7.23. The molecule has 0 aliphatic heterocycles. The first-order valence-electron chi connectivity index (χ1n) is 2.73. The molecule has 0 atom stereocenters. The first-order chi connectivity index (χ1) is 4.93. The Morgan fingerprint density at radius 1 is 1.80 bits per heavy atom. The molecular weight excluding hydrogens is 148 g/mol. The number of azide groups is 1. The van der Waals surface area contributed by atoms with Crippen LogP contribution in [0.3, 0.4) is 0 Å². The second-order valence-electron chi connectivity index (χ2n) is 1.60. The number of nitrogens with zero attached hydrogens (tertiary/aromatic N) is 3. The molecule has 10 heavy (non-hydrogen) atoms. The highest BCUT2D eigenvalue weighted by molar-refractivity contribution is 7.09. The molecule has 4 nitrogen and oxygen atoms in total. The lowest BCUT2D eigenvalue weighted by atomic mass is 10.5. The summed E-state index contributed by atoms with van der Waals surface area (Å²) in [6.45, 7) is 0.613. The Labute approximate surface area is 62.1 Å². The first kappa shape index (κ1) is 6.92. The fraction of sp³-hybridized carbons (Fsp3) is 0.200. The zero-order valence-electron chi connectivity index (χ0n) is 5.19. The number of hydrogen-bond acceptors (Lipinski definition) is 2. The van der Waals surface area contributed by atoms with Gasteiger partial charge in [0.1, 0.15) is 6.54 Å². The van der Waals surface area contributed by atoms with Crippen LogP contribution in [-0.4, -0.2) is 0 Å². The molecule has 0 fully saturated rings. The fourth-order valence-electron chi connectivity index (χ4n) is 0.558. The smallest absolute Gasteiger partial charge is 0.120 e. The van der Waals surface area contributed by atoms with E-state index in [1.165, 1.54) is 0 Å². The highest BCUT2D eigenvalue weighted by atomic mass is 32.1. The minimum atomic E-state index is 0.613. The van der Waals surface area contributed by atoms with Gasteiger partial charge in [-0.3, -0.25) is 5.43 Å². The van der Waals surface area contributed by atoms with E-state index in [0.29, 0.717) is 6.54 Å². The molecule has 1 N–H and O–H groups in total. The van der Waals surface area contributed by atoms with Crippen molar-refractivity contribution in [3.05, 3.63) is 32.8 Å². The van der Waals surface area contributed by atoms with E-state index in [0.717, 1.165) is 4.88 Å². The van der Waals surface area contributed by atoms with Gasteiger partial charge < -0.3 is 0 Å². The monoisotopic (exact) mass is 154 g/mol. The Bertz CT molecular complexity index is 224. The van der Waals surface area contributed by atoms with Gasteiger partial charge in [0.2, 0.25) is 0 Å². The Morgan fingerprint density at radius 3 is 3.30 bits per heavy atom. The number of rotatable bonds is 3. The van der Waals surface area contributed by atoms with E-state index in [1.54, 1.807) is 11.3 Å². The van der Waals surface area contributed by atoms with Gasteiger partial charge in [0.25, 0.3) is 0 Å². The molecule has 1 aromatic heterocycles. The van der Waals surface area contributed by atoms with Crippen molar-refractivity contribution >= 4 is 11.3 Å². The maximum absolute atomic E-state index is 7.89. The Hall–Kier alpha value is -1.19. The van der Waals surface area contributed by atoms with Crippen molar-refractivity contribution in [2.75, 3.05) is 0 Å². The van der Waals surface area contributed by atoms with E-state index in [4.69, 9.17) is 5.53 Å². The topological polar surface area (TPSA) is 60.8 Å². The standard InChI is InChI=1S/C5H6N4S/c6-8-9-7-4-5-2-1-3-10-5/h1-3,7H,4H2. The summed E-state index contributed by atoms with van der Waals surface area (Å²) in [4.78, 5) is 3.71. The van der Waals surface area contributed by atoms with Gasteiger partial charge in [-0.2, -0.15) is 4.91 Å². The van der Waals surface area contributed by atoms with Crippen LogP contribution in [0.25, 0.3) is 10.4 Å². The summed E-state index contributed by atoms with van der Waals surface area (Å²) in [5, 5.41) is 5.16. The molecule has 5 heteroatoms. The lowest BCUT2D eigenvalue weighted by molar-refractivity contribution is 0.743. The molecule has 1 rings (SSSR count). The molecule has 0 bridgehead atoms. The third-order valence-electron chi connectivity index (χ3n) is 0.949. The molecule has 0 radical (unpaired) electrons. The minimum absolute atomic E-state index is 0.613. The van der Waals surface area contributed by atoms with E-state index >= 15 is 0 Å². The summed E-state index contributed by atoms with van der Waals surface area (Å²) in [6.07, 6.45) is 0. The fourth-order valence-corrected chi connectivity index (χ4v) is 1.20. The van der Waals surface area contributed by atoms with Crippen LogP contribution < -0.4 is 5.43 Å². The van der Waals surface area contributed by atoms with E-state index in [-0.39, 0.29) is 0 Å². The normalized spacial score (nSPS) is 8.40. The van der Waals surface area contributed by atoms with Crippen molar-refractivity contribution in [3.8, 4) is 0 Å². The Kier molecular flexibility index (Phi) is 2.61. The summed E-state index contributed by atoms with van der Waals surface area (Å²) >= 11 is 1.63. The second kappa shape index (κ2) is 3.76. The van der Waals surface area contributed by atoms with Gasteiger partial charge in [-0.1, -0.05) is 6.07 Å². The van der Waals surface area contributed by atoms with Crippen LogP contribution in [0.15, 0.2) is 22.7 Å². The average Bonchev–Trinajstić information content (AvgIpc) is 2.41. The number of hydrogen-bond donors (Lipinski definition) is 1. The molecule has 1 aromatic rings. The van der Waals surface area contributed by atoms with Crippen LogP contribution in [0.5, 0.6) is 0 Å². The van der Waals surface area contributed by atoms with Gasteiger partial charge in [0.15, 0.2) is 0 Å². The van der Waals surface area contributed by atoms with Gasteiger partial charge >= 0.3 is 0 Å². The molecule has 0 saturated carbocycles. The summed E-state index contributed by atoms with van der Waals surface area (Å²) < 4.78 is 0. The first-order valence-corrected chi connectivity index (χ1v) is 3.61. The predicted molar refractivity (Wildman–Crippen MR) is 40.3 cm³/mol. The van der Waals surface area contributed by atoms with Gasteiger partial charge in [-0.05, 0) is 16.7 Å². The molecule has 0 amide bonds. The highest BCUT2D eigenvalue weighted by Crippen LogP contribution is 2.06. The minimum Gasteiger partial charge on any atom is -0.256 e. The molecule has 0 aliphatic rings. The number of nitrogens with one attached hydrogen (secondary N) is 1. The van der Waals surface area contributed by atoms with Gasteiger partial charge in [0, 0.05) is 4.88 Å². The van der Waals surface area contributed by atoms with Crippen LogP contribution in [0.4, 0.5) is 0 Å². The molecule has 1 heterocycles. The van der Waals surface area contributed by atoms with Crippen LogP contribution in [-0.2, 0) is 6.54 Å². The quantitative estimate of drug-likeness (QED) is 0.308. The molecule has 0 unspecified atom stereocenters. The van der Waals surface area contributed by atoms with Crippen LogP contribution >= 0.6 is 11.3 Å². The predicted octanol–water partition coefficient (Wildman–Crippen LogP) is 2.06. The molecule has 0 aliphatic carbocycles.